The van der Waals surface area contributed by atoms with E-state index < -0.39 is 0 Å². The van der Waals surface area contributed by atoms with Crippen LogP contribution in [0, 0.1) is 5.82 Å². The van der Waals surface area contributed by atoms with Crippen molar-refractivity contribution in [2.24, 2.45) is 0 Å². The Labute approximate surface area is 111 Å². The van der Waals surface area contributed by atoms with Crippen molar-refractivity contribution in [1.29, 1.82) is 0 Å². The molecular weight excluding hydrogens is 297 g/mol. The summed E-state index contributed by atoms with van der Waals surface area (Å²) in [6, 6.07) is 8.60. The lowest BCUT2D eigenvalue weighted by Gasteiger charge is -1.99. The standard InChI is InChI=1S/C13H9BrFN3/c14-9-6-11-13(16-7-9)18-12(17-11)5-8-3-1-2-4-10(8)15/h1-4,6-7H,5H2,(H,16,17,18). The molecule has 0 aliphatic rings. The summed E-state index contributed by atoms with van der Waals surface area (Å²) >= 11 is 3.35. The van der Waals surface area contributed by atoms with Crippen LogP contribution in [0.5, 0.6) is 0 Å². The molecule has 90 valence electrons. The summed E-state index contributed by atoms with van der Waals surface area (Å²) in [5.41, 5.74) is 2.11. The third-order valence-electron chi connectivity index (χ3n) is 2.67. The summed E-state index contributed by atoms with van der Waals surface area (Å²) in [5.74, 6) is 0.493. The van der Waals surface area contributed by atoms with Crippen molar-refractivity contribution in [3.05, 3.63) is 58.2 Å². The Hall–Kier alpha value is -1.75. The molecule has 0 unspecified atom stereocenters. The third-order valence-corrected chi connectivity index (χ3v) is 3.10. The second-order valence-corrected chi connectivity index (χ2v) is 4.89. The molecule has 0 spiro atoms. The van der Waals surface area contributed by atoms with Crippen LogP contribution in [0.3, 0.4) is 0 Å². The first-order chi connectivity index (χ1) is 8.72. The summed E-state index contributed by atoms with van der Waals surface area (Å²) in [4.78, 5) is 11.7. The van der Waals surface area contributed by atoms with Crippen molar-refractivity contribution in [2.45, 2.75) is 6.42 Å². The largest absolute Gasteiger partial charge is 0.340 e. The van der Waals surface area contributed by atoms with E-state index in [0.29, 0.717) is 23.5 Å². The molecule has 3 nitrogen and oxygen atoms in total. The molecule has 2 aromatic heterocycles. The Balaban J connectivity index is 1.98. The second-order valence-electron chi connectivity index (χ2n) is 3.98. The lowest BCUT2D eigenvalue weighted by Crippen LogP contribution is -1.93. The van der Waals surface area contributed by atoms with E-state index in [1.807, 2.05) is 12.1 Å². The molecular formula is C13H9BrFN3. The van der Waals surface area contributed by atoms with Gasteiger partial charge in [0.25, 0.3) is 0 Å². The van der Waals surface area contributed by atoms with Crippen LogP contribution in [-0.2, 0) is 6.42 Å². The maximum atomic E-state index is 13.5. The van der Waals surface area contributed by atoms with Crippen LogP contribution >= 0.6 is 15.9 Å². The van der Waals surface area contributed by atoms with E-state index in [1.165, 1.54) is 6.07 Å². The number of imidazole rings is 1. The average molecular weight is 306 g/mol. The average Bonchev–Trinajstić information content (AvgIpc) is 2.73. The fraction of sp³-hybridized carbons (Fsp3) is 0.0769. The monoisotopic (exact) mass is 305 g/mol. The number of aromatic nitrogens is 3. The quantitative estimate of drug-likeness (QED) is 0.788. The molecule has 18 heavy (non-hydrogen) atoms. The first-order valence-corrected chi connectivity index (χ1v) is 6.25. The second kappa shape index (κ2) is 4.49. The van der Waals surface area contributed by atoms with Crippen LogP contribution in [0.1, 0.15) is 11.4 Å². The maximum absolute atomic E-state index is 13.5. The van der Waals surface area contributed by atoms with Crippen molar-refractivity contribution in [1.82, 2.24) is 15.0 Å². The van der Waals surface area contributed by atoms with Crippen LogP contribution in [-0.4, -0.2) is 15.0 Å². The van der Waals surface area contributed by atoms with Gasteiger partial charge in [0, 0.05) is 17.1 Å². The van der Waals surface area contributed by atoms with E-state index in [-0.39, 0.29) is 5.82 Å². The molecule has 0 aliphatic heterocycles. The topological polar surface area (TPSA) is 41.6 Å². The van der Waals surface area contributed by atoms with Crippen LogP contribution in [0.2, 0.25) is 0 Å². The molecule has 0 atom stereocenters. The summed E-state index contributed by atoms with van der Waals surface area (Å²) in [5, 5.41) is 0. The first-order valence-electron chi connectivity index (χ1n) is 5.46. The van der Waals surface area contributed by atoms with Gasteiger partial charge in [-0.15, -0.1) is 0 Å². The lowest BCUT2D eigenvalue weighted by molar-refractivity contribution is 0.612. The van der Waals surface area contributed by atoms with Crippen molar-refractivity contribution in [2.75, 3.05) is 0 Å². The Bertz CT molecular complexity index is 708. The molecule has 0 bridgehead atoms. The molecule has 0 aliphatic carbocycles. The number of nitrogens with one attached hydrogen (secondary N) is 1. The summed E-state index contributed by atoms with van der Waals surface area (Å²) in [6.45, 7) is 0. The number of rotatable bonds is 2. The highest BCUT2D eigenvalue weighted by atomic mass is 79.9. The number of hydrogen-bond acceptors (Lipinski definition) is 2. The van der Waals surface area contributed by atoms with Gasteiger partial charge in [-0.3, -0.25) is 0 Å². The minimum Gasteiger partial charge on any atom is -0.340 e. The number of H-pyrrole nitrogens is 1. The molecule has 2 heterocycles. The van der Waals surface area contributed by atoms with E-state index >= 15 is 0 Å². The van der Waals surface area contributed by atoms with Gasteiger partial charge < -0.3 is 4.98 Å². The molecule has 3 rings (SSSR count). The predicted molar refractivity (Wildman–Crippen MR) is 70.8 cm³/mol. The predicted octanol–water partition coefficient (Wildman–Crippen LogP) is 3.45. The van der Waals surface area contributed by atoms with Crippen molar-refractivity contribution < 1.29 is 4.39 Å². The summed E-state index contributed by atoms with van der Waals surface area (Å²) in [6.07, 6.45) is 2.12. The molecule has 0 radical (unpaired) electrons. The minimum atomic E-state index is -0.216. The van der Waals surface area contributed by atoms with Crippen LogP contribution in [0.15, 0.2) is 41.0 Å². The van der Waals surface area contributed by atoms with Crippen molar-refractivity contribution >= 4 is 27.1 Å². The molecule has 5 heteroatoms. The zero-order chi connectivity index (χ0) is 12.5. The Kier molecular flexibility index (Phi) is 2.83. The number of halogens is 2. The zero-order valence-electron chi connectivity index (χ0n) is 9.32. The van der Waals surface area contributed by atoms with Crippen LogP contribution in [0.4, 0.5) is 4.39 Å². The van der Waals surface area contributed by atoms with E-state index in [4.69, 9.17) is 0 Å². The van der Waals surface area contributed by atoms with E-state index in [0.717, 1.165) is 9.99 Å². The number of benzene rings is 1. The third kappa shape index (κ3) is 2.13. The van der Waals surface area contributed by atoms with Crippen molar-refractivity contribution in [3.63, 3.8) is 0 Å². The molecule has 0 saturated heterocycles. The molecule has 3 aromatic rings. The molecule has 1 aromatic carbocycles. The molecule has 1 N–H and O–H groups in total. The van der Waals surface area contributed by atoms with Gasteiger partial charge in [-0.05, 0) is 33.6 Å². The van der Waals surface area contributed by atoms with Gasteiger partial charge >= 0.3 is 0 Å². The highest BCUT2D eigenvalue weighted by molar-refractivity contribution is 9.10. The number of hydrogen-bond donors (Lipinski definition) is 1. The van der Waals surface area contributed by atoms with E-state index in [1.54, 1.807) is 18.3 Å². The SMILES string of the molecule is Fc1ccccc1Cc1nc2ncc(Br)cc2[nH]1. The smallest absolute Gasteiger partial charge is 0.177 e. The normalized spacial score (nSPS) is 11.0. The van der Waals surface area contributed by atoms with Gasteiger partial charge in [-0.2, -0.15) is 0 Å². The molecule has 0 fully saturated rings. The highest BCUT2D eigenvalue weighted by Crippen LogP contribution is 2.17. The Morgan fingerprint density at radius 3 is 2.94 bits per heavy atom. The lowest BCUT2D eigenvalue weighted by atomic mass is 10.1. The number of fused-ring (bicyclic) bond motifs is 1. The van der Waals surface area contributed by atoms with E-state index in [9.17, 15) is 4.39 Å². The molecule has 0 saturated carbocycles. The van der Waals surface area contributed by atoms with Gasteiger partial charge in [0.15, 0.2) is 5.65 Å². The Morgan fingerprint density at radius 1 is 1.28 bits per heavy atom. The number of aromatic amines is 1. The highest BCUT2D eigenvalue weighted by Gasteiger charge is 2.07. The van der Waals surface area contributed by atoms with Gasteiger partial charge in [0.1, 0.15) is 11.6 Å². The van der Waals surface area contributed by atoms with Gasteiger partial charge in [0.05, 0.1) is 5.52 Å². The fourth-order valence-electron chi connectivity index (χ4n) is 1.83. The molecule has 0 amide bonds. The number of nitrogens with zero attached hydrogens (tertiary/aromatic N) is 2. The van der Waals surface area contributed by atoms with Gasteiger partial charge in [-0.25, -0.2) is 14.4 Å². The van der Waals surface area contributed by atoms with Gasteiger partial charge in [0.2, 0.25) is 0 Å². The van der Waals surface area contributed by atoms with Crippen LogP contribution < -0.4 is 0 Å². The minimum absolute atomic E-state index is 0.216. The van der Waals surface area contributed by atoms with Crippen LogP contribution in [0.25, 0.3) is 11.2 Å². The van der Waals surface area contributed by atoms with Crippen molar-refractivity contribution in [3.8, 4) is 0 Å². The fourth-order valence-corrected chi connectivity index (χ4v) is 2.16. The zero-order valence-corrected chi connectivity index (χ0v) is 10.9. The van der Waals surface area contributed by atoms with E-state index in [2.05, 4.69) is 30.9 Å². The summed E-state index contributed by atoms with van der Waals surface area (Å²) < 4.78 is 14.4. The maximum Gasteiger partial charge on any atom is 0.177 e. The number of pyridine rings is 1. The first kappa shape index (κ1) is 11.3. The Morgan fingerprint density at radius 2 is 2.11 bits per heavy atom. The summed E-state index contributed by atoms with van der Waals surface area (Å²) in [7, 11) is 0. The van der Waals surface area contributed by atoms with Gasteiger partial charge in [-0.1, -0.05) is 18.2 Å².